The summed E-state index contributed by atoms with van der Waals surface area (Å²) in [4.78, 5) is 69.3. The summed E-state index contributed by atoms with van der Waals surface area (Å²) in [6.45, 7) is 8.67. The Kier molecular flexibility index (Phi) is 9.95. The molecule has 2 N–H and O–H groups in total. The smallest absolute Gasteiger partial charge is 0.338 e. The van der Waals surface area contributed by atoms with E-state index in [1.165, 1.54) is 21.9 Å². The molecule has 3 aromatic carbocycles. The maximum atomic E-state index is 14.2. The SMILES string of the molecule is CCOC(=O)c1cccc(NC(=O)NC2CN(C(=O)C=C(C)C)c3ccc(C)cc3N(CC(=O)c3ccccc3C)C2=O)c1. The highest BCUT2D eigenvalue weighted by molar-refractivity contribution is 6.14. The molecule has 0 spiro atoms. The number of esters is 1. The fourth-order valence-corrected chi connectivity index (χ4v) is 4.93. The quantitative estimate of drug-likeness (QED) is 0.209. The lowest BCUT2D eigenvalue weighted by Gasteiger charge is -2.25. The van der Waals surface area contributed by atoms with E-state index in [-0.39, 0.29) is 37.0 Å². The van der Waals surface area contributed by atoms with E-state index in [0.29, 0.717) is 22.6 Å². The van der Waals surface area contributed by atoms with Crippen molar-refractivity contribution in [3.8, 4) is 0 Å². The lowest BCUT2D eigenvalue weighted by Crippen LogP contribution is -2.54. The van der Waals surface area contributed by atoms with Gasteiger partial charge >= 0.3 is 12.0 Å². The molecule has 0 aromatic heterocycles. The molecule has 0 saturated heterocycles. The number of aryl methyl sites for hydroxylation is 2. The average Bonchev–Trinajstić information content (AvgIpc) is 3.07. The molecule has 4 amide bonds. The van der Waals surface area contributed by atoms with Crippen LogP contribution in [0.15, 0.2) is 78.4 Å². The standard InChI is InChI=1S/C34H36N4O6/c1-6-44-33(42)24-11-9-12-25(18-24)35-34(43)36-27-19-37(31(40)16-21(2)3)28-15-14-22(4)17-29(28)38(32(27)41)20-30(39)26-13-8-7-10-23(26)5/h7-18,27H,6,19-20H2,1-5H3,(H2,35,36,43). The van der Waals surface area contributed by atoms with Gasteiger partial charge in [-0.15, -0.1) is 0 Å². The van der Waals surface area contributed by atoms with E-state index >= 15 is 0 Å². The second kappa shape index (κ2) is 13.8. The topological polar surface area (TPSA) is 125 Å². The first-order chi connectivity index (χ1) is 21.0. The van der Waals surface area contributed by atoms with Crippen molar-refractivity contribution in [3.63, 3.8) is 0 Å². The number of nitrogens with one attached hydrogen (secondary N) is 2. The van der Waals surface area contributed by atoms with Crippen molar-refractivity contribution in [2.75, 3.05) is 34.8 Å². The number of hydrogen-bond donors (Lipinski definition) is 2. The monoisotopic (exact) mass is 596 g/mol. The van der Waals surface area contributed by atoms with Crippen LogP contribution in [0.4, 0.5) is 21.9 Å². The minimum atomic E-state index is -1.21. The van der Waals surface area contributed by atoms with Crippen LogP contribution in [-0.4, -0.2) is 55.3 Å². The third kappa shape index (κ3) is 7.38. The third-order valence-electron chi connectivity index (χ3n) is 7.00. The zero-order chi connectivity index (χ0) is 32.0. The van der Waals surface area contributed by atoms with Crippen molar-refractivity contribution in [1.29, 1.82) is 0 Å². The number of carbonyl (C=O) groups is 5. The van der Waals surface area contributed by atoms with E-state index in [9.17, 15) is 24.0 Å². The predicted molar refractivity (Wildman–Crippen MR) is 169 cm³/mol. The largest absolute Gasteiger partial charge is 0.462 e. The molecular weight excluding hydrogens is 560 g/mol. The van der Waals surface area contributed by atoms with E-state index in [0.717, 1.165) is 16.7 Å². The number of amides is 4. The van der Waals surface area contributed by atoms with E-state index in [1.54, 1.807) is 63.2 Å². The highest BCUT2D eigenvalue weighted by atomic mass is 16.5. The number of urea groups is 1. The molecule has 4 rings (SSSR count). The third-order valence-corrected chi connectivity index (χ3v) is 7.00. The number of ketones is 1. The molecule has 10 nitrogen and oxygen atoms in total. The van der Waals surface area contributed by atoms with Gasteiger partial charge < -0.3 is 25.2 Å². The zero-order valence-electron chi connectivity index (χ0n) is 25.5. The minimum Gasteiger partial charge on any atom is -0.462 e. The molecule has 0 saturated carbocycles. The van der Waals surface area contributed by atoms with Crippen LogP contribution in [0.3, 0.4) is 0 Å². The first-order valence-electron chi connectivity index (χ1n) is 14.3. The molecule has 1 aliphatic heterocycles. The number of carbonyl (C=O) groups excluding carboxylic acids is 5. The number of ether oxygens (including phenoxy) is 1. The van der Waals surface area contributed by atoms with E-state index in [1.807, 2.05) is 32.0 Å². The van der Waals surface area contributed by atoms with Crippen molar-refractivity contribution in [3.05, 3.63) is 101 Å². The summed E-state index contributed by atoms with van der Waals surface area (Å²) < 4.78 is 5.03. The van der Waals surface area contributed by atoms with Gasteiger partial charge in [-0.1, -0.05) is 42.0 Å². The van der Waals surface area contributed by atoms with E-state index in [2.05, 4.69) is 10.6 Å². The van der Waals surface area contributed by atoms with Gasteiger partial charge in [0.25, 0.3) is 11.8 Å². The van der Waals surface area contributed by atoms with Crippen molar-refractivity contribution >= 4 is 46.7 Å². The van der Waals surface area contributed by atoms with Crippen molar-refractivity contribution in [2.45, 2.75) is 40.7 Å². The minimum absolute atomic E-state index is 0.178. The zero-order valence-corrected chi connectivity index (χ0v) is 25.5. The number of hydrogen-bond acceptors (Lipinski definition) is 6. The molecule has 1 aliphatic rings. The van der Waals surface area contributed by atoms with Crippen LogP contribution in [-0.2, 0) is 14.3 Å². The number of allylic oxidation sites excluding steroid dienone is 1. The Labute approximate surface area is 256 Å². The van der Waals surface area contributed by atoms with Crippen LogP contribution in [0.25, 0.3) is 0 Å². The fourth-order valence-electron chi connectivity index (χ4n) is 4.93. The van der Waals surface area contributed by atoms with Gasteiger partial charge in [0.1, 0.15) is 6.04 Å². The molecule has 1 heterocycles. The summed E-state index contributed by atoms with van der Waals surface area (Å²) in [5.74, 6) is -1.75. The van der Waals surface area contributed by atoms with Gasteiger partial charge in [-0.2, -0.15) is 0 Å². The summed E-state index contributed by atoms with van der Waals surface area (Å²) in [5.41, 5.74) is 4.20. The first kappa shape index (κ1) is 31.7. The van der Waals surface area contributed by atoms with E-state index < -0.39 is 23.9 Å². The predicted octanol–water partition coefficient (Wildman–Crippen LogP) is 5.20. The molecule has 10 heteroatoms. The number of rotatable bonds is 8. The molecule has 0 bridgehead atoms. The lowest BCUT2D eigenvalue weighted by molar-refractivity contribution is -0.120. The summed E-state index contributed by atoms with van der Waals surface area (Å²) >= 11 is 0. The summed E-state index contributed by atoms with van der Waals surface area (Å²) in [7, 11) is 0. The van der Waals surface area contributed by atoms with Gasteiger partial charge in [0.2, 0.25) is 0 Å². The number of anilines is 3. The summed E-state index contributed by atoms with van der Waals surface area (Å²) in [5, 5.41) is 5.34. The molecule has 0 radical (unpaired) electrons. The normalized spacial score (nSPS) is 14.2. The lowest BCUT2D eigenvalue weighted by atomic mass is 10.0. The molecule has 1 atom stereocenters. The van der Waals surface area contributed by atoms with Crippen LogP contribution < -0.4 is 20.4 Å². The second-order valence-corrected chi connectivity index (χ2v) is 10.8. The van der Waals surface area contributed by atoms with Gasteiger partial charge in [0.05, 0.1) is 36.6 Å². The highest BCUT2D eigenvalue weighted by Crippen LogP contribution is 2.35. The number of benzene rings is 3. The molecule has 228 valence electrons. The Morgan fingerprint density at radius 3 is 2.41 bits per heavy atom. The summed E-state index contributed by atoms with van der Waals surface area (Å²) in [6, 6.07) is 16.7. The number of nitrogens with zero attached hydrogens (tertiary/aromatic N) is 2. The Hall–Kier alpha value is -5.25. The fraction of sp³-hybridized carbons (Fsp3) is 0.265. The molecule has 0 fully saturated rings. The van der Waals surface area contributed by atoms with Gasteiger partial charge in [-0.3, -0.25) is 14.4 Å². The van der Waals surface area contributed by atoms with Crippen molar-refractivity contribution in [2.24, 2.45) is 0 Å². The molecule has 0 aliphatic carbocycles. The number of Topliss-reactive ketones (excluding diaryl/α,β-unsaturated/α-hetero) is 1. The summed E-state index contributed by atoms with van der Waals surface area (Å²) in [6.07, 6.45) is 1.46. The Bertz CT molecular complexity index is 1640. The molecular formula is C34H36N4O6. The van der Waals surface area contributed by atoms with Crippen LogP contribution in [0, 0.1) is 13.8 Å². The Morgan fingerprint density at radius 2 is 1.70 bits per heavy atom. The molecule has 44 heavy (non-hydrogen) atoms. The molecule has 3 aromatic rings. The van der Waals surface area contributed by atoms with Crippen molar-refractivity contribution in [1.82, 2.24) is 5.32 Å². The molecule has 1 unspecified atom stereocenters. The Balaban J connectivity index is 1.70. The van der Waals surface area contributed by atoms with Crippen LogP contribution >= 0.6 is 0 Å². The van der Waals surface area contributed by atoms with Gasteiger partial charge in [0, 0.05) is 17.3 Å². The van der Waals surface area contributed by atoms with Crippen LogP contribution in [0.1, 0.15) is 52.6 Å². The van der Waals surface area contributed by atoms with Gasteiger partial charge in [0.15, 0.2) is 5.78 Å². The van der Waals surface area contributed by atoms with Crippen LogP contribution in [0.5, 0.6) is 0 Å². The highest BCUT2D eigenvalue weighted by Gasteiger charge is 2.37. The van der Waals surface area contributed by atoms with Gasteiger partial charge in [-0.05, 0) is 76.1 Å². The second-order valence-electron chi connectivity index (χ2n) is 10.8. The van der Waals surface area contributed by atoms with Crippen LogP contribution in [0.2, 0.25) is 0 Å². The number of fused-ring (bicyclic) bond motifs is 1. The average molecular weight is 597 g/mol. The van der Waals surface area contributed by atoms with Gasteiger partial charge in [-0.25, -0.2) is 9.59 Å². The van der Waals surface area contributed by atoms with E-state index in [4.69, 9.17) is 4.74 Å². The van der Waals surface area contributed by atoms with Crippen molar-refractivity contribution < 1.29 is 28.7 Å². The maximum Gasteiger partial charge on any atom is 0.338 e. The first-order valence-corrected chi connectivity index (χ1v) is 14.3. The maximum absolute atomic E-state index is 14.2. The Morgan fingerprint density at radius 1 is 0.955 bits per heavy atom.